The van der Waals surface area contributed by atoms with Gasteiger partial charge in [-0.25, -0.2) is 15.0 Å². The molecule has 3 heteroatoms. The number of nitrogens with zero attached hydrogens (tertiary/aromatic N) is 3. The van der Waals surface area contributed by atoms with E-state index in [1.165, 1.54) is 27.8 Å². The number of fused-ring (bicyclic) bond motifs is 3. The van der Waals surface area contributed by atoms with Crippen molar-refractivity contribution in [2.75, 3.05) is 0 Å². The molecule has 0 saturated carbocycles. The lowest BCUT2D eigenvalue weighted by atomic mass is 9.68. The molecule has 0 fully saturated rings. The third-order valence-corrected chi connectivity index (χ3v) is 9.65. The standard InChI is InChI=1S/C42H35N3/c1-42(2)37-25-10-9-22-35(37)36-24-13-23-34(38(36)42)32-20-11-18-30(26-32)31-19-12-21-33(27-31)41-44-39(28-14-5-3-6-15-28)43-40(45-41)29-16-7-4-8-17-29/h3,5-7,9-27,36,38H,4,8H2,1-2H3. The van der Waals surface area contributed by atoms with E-state index in [9.17, 15) is 0 Å². The minimum atomic E-state index is 0.0452. The highest BCUT2D eigenvalue weighted by Gasteiger charge is 2.47. The molecule has 1 aromatic heterocycles. The van der Waals surface area contributed by atoms with Gasteiger partial charge in [0.25, 0.3) is 0 Å². The van der Waals surface area contributed by atoms with E-state index < -0.39 is 0 Å². The first-order chi connectivity index (χ1) is 22.1. The normalized spacial score (nSPS) is 19.4. The molecule has 0 radical (unpaired) electrons. The quantitative estimate of drug-likeness (QED) is 0.207. The van der Waals surface area contributed by atoms with Gasteiger partial charge in [0.1, 0.15) is 0 Å². The fraction of sp³-hybridized carbons (Fsp3) is 0.167. The number of hydrogen-bond acceptors (Lipinski definition) is 3. The summed E-state index contributed by atoms with van der Waals surface area (Å²) in [5.74, 6) is 2.88. The Balaban J connectivity index is 1.18. The van der Waals surface area contributed by atoms with Gasteiger partial charge < -0.3 is 0 Å². The van der Waals surface area contributed by atoms with Crippen molar-refractivity contribution in [1.29, 1.82) is 0 Å². The summed E-state index contributed by atoms with van der Waals surface area (Å²) in [6.45, 7) is 4.81. The van der Waals surface area contributed by atoms with Crippen molar-refractivity contribution in [1.82, 2.24) is 15.0 Å². The van der Waals surface area contributed by atoms with E-state index in [0.29, 0.717) is 29.3 Å². The maximum absolute atomic E-state index is 4.99. The lowest BCUT2D eigenvalue weighted by Gasteiger charge is -2.35. The Morgan fingerprint density at radius 2 is 1.27 bits per heavy atom. The number of hydrogen-bond donors (Lipinski definition) is 0. The summed E-state index contributed by atoms with van der Waals surface area (Å²) in [5, 5.41) is 0. The van der Waals surface area contributed by atoms with Gasteiger partial charge in [0.05, 0.1) is 0 Å². The molecule has 8 rings (SSSR count). The zero-order valence-corrected chi connectivity index (χ0v) is 25.7. The summed E-state index contributed by atoms with van der Waals surface area (Å²) >= 11 is 0. The van der Waals surface area contributed by atoms with Gasteiger partial charge in [-0.15, -0.1) is 0 Å². The SMILES string of the molecule is CC1(C)c2ccccc2C2C=CC=C(c3cccc(-c4cccc(-c5nc(C6=CCCC=C6)nc(-c6ccccc6)n5)c4)c3)C21. The van der Waals surface area contributed by atoms with Crippen LogP contribution in [0, 0.1) is 5.92 Å². The third kappa shape index (κ3) is 4.89. The first-order valence-electron chi connectivity index (χ1n) is 15.9. The van der Waals surface area contributed by atoms with Crippen LogP contribution in [0.1, 0.15) is 55.1 Å². The molecule has 0 saturated heterocycles. The average Bonchev–Trinajstić information content (AvgIpc) is 3.35. The maximum Gasteiger partial charge on any atom is 0.164 e. The van der Waals surface area contributed by atoms with Crippen molar-refractivity contribution >= 4 is 11.1 Å². The maximum atomic E-state index is 4.99. The molecule has 3 nitrogen and oxygen atoms in total. The summed E-state index contributed by atoms with van der Waals surface area (Å²) in [7, 11) is 0. The van der Waals surface area contributed by atoms with Crippen LogP contribution in [0.3, 0.4) is 0 Å². The Morgan fingerprint density at radius 1 is 0.622 bits per heavy atom. The predicted molar refractivity (Wildman–Crippen MR) is 185 cm³/mol. The summed E-state index contributed by atoms with van der Waals surface area (Å²) < 4.78 is 0. The molecule has 0 N–H and O–H groups in total. The van der Waals surface area contributed by atoms with Crippen LogP contribution in [0.5, 0.6) is 0 Å². The van der Waals surface area contributed by atoms with Crippen LogP contribution in [-0.4, -0.2) is 15.0 Å². The topological polar surface area (TPSA) is 38.7 Å². The molecule has 3 aliphatic carbocycles. The minimum absolute atomic E-state index is 0.0452. The van der Waals surface area contributed by atoms with Gasteiger partial charge in [-0.2, -0.15) is 0 Å². The molecular formula is C42H35N3. The van der Waals surface area contributed by atoms with Crippen LogP contribution in [0.4, 0.5) is 0 Å². The fourth-order valence-electron chi connectivity index (χ4n) is 7.47. The molecule has 1 heterocycles. The second kappa shape index (κ2) is 11.1. The first kappa shape index (κ1) is 27.4. The highest BCUT2D eigenvalue weighted by Crippen LogP contribution is 2.57. The highest BCUT2D eigenvalue weighted by atomic mass is 15.0. The van der Waals surface area contributed by atoms with Crippen LogP contribution in [0.2, 0.25) is 0 Å². The second-order valence-electron chi connectivity index (χ2n) is 12.8. The van der Waals surface area contributed by atoms with Crippen molar-refractivity contribution in [3.8, 4) is 33.9 Å². The van der Waals surface area contributed by atoms with Crippen molar-refractivity contribution in [3.63, 3.8) is 0 Å². The lowest BCUT2D eigenvalue weighted by molar-refractivity contribution is 0.407. The number of rotatable bonds is 5. The van der Waals surface area contributed by atoms with Crippen molar-refractivity contribution in [2.45, 2.75) is 38.0 Å². The smallest absolute Gasteiger partial charge is 0.164 e. The molecule has 0 aliphatic heterocycles. The monoisotopic (exact) mass is 581 g/mol. The van der Waals surface area contributed by atoms with Gasteiger partial charge in [-0.1, -0.05) is 141 Å². The lowest BCUT2D eigenvalue weighted by Crippen LogP contribution is -2.27. The number of benzene rings is 4. The molecule has 4 aromatic carbocycles. The van der Waals surface area contributed by atoms with Crippen LogP contribution in [-0.2, 0) is 5.41 Å². The second-order valence-corrected chi connectivity index (χ2v) is 12.8. The van der Waals surface area contributed by atoms with Crippen LogP contribution in [0.25, 0.3) is 45.0 Å². The Morgan fingerprint density at radius 3 is 2.04 bits per heavy atom. The van der Waals surface area contributed by atoms with Crippen LogP contribution < -0.4 is 0 Å². The molecule has 0 bridgehead atoms. The van der Waals surface area contributed by atoms with E-state index in [4.69, 9.17) is 15.0 Å². The molecule has 2 atom stereocenters. The Kier molecular flexibility index (Phi) is 6.75. The van der Waals surface area contributed by atoms with Crippen LogP contribution >= 0.6 is 0 Å². The minimum Gasteiger partial charge on any atom is -0.208 e. The molecule has 2 unspecified atom stereocenters. The van der Waals surface area contributed by atoms with Crippen LogP contribution in [0.15, 0.2) is 140 Å². The van der Waals surface area contributed by atoms with E-state index in [1.807, 2.05) is 18.2 Å². The molecule has 3 aliphatic rings. The van der Waals surface area contributed by atoms with Gasteiger partial charge in [-0.3, -0.25) is 0 Å². The molecular weight excluding hydrogens is 546 g/mol. The van der Waals surface area contributed by atoms with Crippen molar-refractivity contribution in [2.24, 2.45) is 5.92 Å². The summed E-state index contributed by atoms with van der Waals surface area (Å²) in [5.41, 5.74) is 11.0. The molecule has 45 heavy (non-hydrogen) atoms. The van der Waals surface area contributed by atoms with Crippen molar-refractivity contribution in [3.05, 3.63) is 162 Å². The Bertz CT molecular complexity index is 2040. The molecule has 0 spiro atoms. The van der Waals surface area contributed by atoms with Crippen molar-refractivity contribution < 1.29 is 0 Å². The van der Waals surface area contributed by atoms with Gasteiger partial charge in [0.15, 0.2) is 17.5 Å². The zero-order chi connectivity index (χ0) is 30.4. The summed E-state index contributed by atoms with van der Waals surface area (Å²) in [4.78, 5) is 14.9. The van der Waals surface area contributed by atoms with Gasteiger partial charge in [0, 0.05) is 28.5 Å². The summed E-state index contributed by atoms with van der Waals surface area (Å²) in [6.07, 6.45) is 15.6. The van der Waals surface area contributed by atoms with Gasteiger partial charge >= 0.3 is 0 Å². The largest absolute Gasteiger partial charge is 0.208 e. The summed E-state index contributed by atoms with van der Waals surface area (Å²) in [6, 6.07) is 36.8. The first-order valence-corrected chi connectivity index (χ1v) is 15.9. The Hall–Kier alpha value is -5.15. The molecule has 218 valence electrons. The van der Waals surface area contributed by atoms with E-state index in [-0.39, 0.29) is 5.41 Å². The average molecular weight is 582 g/mol. The number of allylic oxidation sites excluding steroid dienone is 8. The number of aromatic nitrogens is 3. The predicted octanol–water partition coefficient (Wildman–Crippen LogP) is 10.3. The molecule has 0 amide bonds. The van der Waals surface area contributed by atoms with E-state index in [1.54, 1.807) is 0 Å². The van der Waals surface area contributed by atoms with E-state index in [0.717, 1.165) is 35.1 Å². The Labute approximate surface area is 265 Å². The molecule has 5 aromatic rings. The van der Waals surface area contributed by atoms with Gasteiger partial charge in [0.2, 0.25) is 0 Å². The highest BCUT2D eigenvalue weighted by molar-refractivity contribution is 5.80. The fourth-order valence-corrected chi connectivity index (χ4v) is 7.47. The van der Waals surface area contributed by atoms with E-state index in [2.05, 4.69) is 135 Å². The van der Waals surface area contributed by atoms with Gasteiger partial charge in [-0.05, 0) is 63.8 Å². The zero-order valence-electron chi connectivity index (χ0n) is 25.7. The van der Waals surface area contributed by atoms with E-state index >= 15 is 0 Å². The third-order valence-electron chi connectivity index (χ3n) is 9.65.